The normalized spacial score (nSPS) is 20.5. The van der Waals surface area contributed by atoms with Crippen LogP contribution in [0, 0.1) is 5.92 Å². The molecule has 8 heteroatoms. The molecule has 174 valence electrons. The number of nitrogens with zero attached hydrogens (tertiary/aromatic N) is 4. The van der Waals surface area contributed by atoms with Gasteiger partial charge in [-0.2, -0.15) is 0 Å². The molecule has 1 saturated heterocycles. The van der Waals surface area contributed by atoms with Gasteiger partial charge in [-0.05, 0) is 38.7 Å². The first-order chi connectivity index (χ1) is 15.3. The molecule has 1 aliphatic heterocycles. The van der Waals surface area contributed by atoms with Gasteiger partial charge in [0.1, 0.15) is 5.60 Å². The van der Waals surface area contributed by atoms with Crippen LogP contribution in [0.4, 0.5) is 4.79 Å². The first-order valence-corrected chi connectivity index (χ1v) is 11.2. The van der Waals surface area contributed by atoms with Crippen molar-refractivity contribution in [1.29, 1.82) is 0 Å². The number of imidazole rings is 1. The van der Waals surface area contributed by atoms with E-state index >= 15 is 0 Å². The molecule has 1 fully saturated rings. The Morgan fingerprint density at radius 1 is 1.31 bits per heavy atom. The summed E-state index contributed by atoms with van der Waals surface area (Å²) in [5, 5.41) is 6.47. The number of likely N-dealkylation sites (tertiary alicyclic amines) is 1. The zero-order valence-corrected chi connectivity index (χ0v) is 19.8. The summed E-state index contributed by atoms with van der Waals surface area (Å²) in [6, 6.07) is 10.00. The number of alkyl carbamates (subject to hydrolysis) is 1. The van der Waals surface area contributed by atoms with Crippen LogP contribution in [0.25, 0.3) is 0 Å². The summed E-state index contributed by atoms with van der Waals surface area (Å²) in [5.41, 5.74) is 0.451. The van der Waals surface area contributed by atoms with Gasteiger partial charge in [0.2, 0.25) is 0 Å². The van der Waals surface area contributed by atoms with Crippen molar-refractivity contribution in [1.82, 2.24) is 25.1 Å². The number of nitrogens with one attached hydrogen (secondary N) is 2. The number of guanidine groups is 1. The van der Waals surface area contributed by atoms with Gasteiger partial charge in [0.15, 0.2) is 5.96 Å². The SMILES string of the molecule is CN=C(NCC(NC(=O)OC(C)(C)C)c1ccccc1)N1CCC(C)C(n2ccnc2)C1. The van der Waals surface area contributed by atoms with Crippen LogP contribution in [0.5, 0.6) is 0 Å². The summed E-state index contributed by atoms with van der Waals surface area (Å²) in [6.07, 6.45) is 6.37. The molecule has 8 nitrogen and oxygen atoms in total. The average Bonchev–Trinajstić information content (AvgIpc) is 3.28. The van der Waals surface area contributed by atoms with Crippen molar-refractivity contribution in [3.8, 4) is 0 Å². The number of benzene rings is 1. The number of piperidine rings is 1. The molecular weight excluding hydrogens is 404 g/mol. The maximum atomic E-state index is 12.5. The molecule has 1 aliphatic rings. The zero-order valence-electron chi connectivity index (χ0n) is 19.8. The number of amides is 1. The molecule has 3 rings (SSSR count). The highest BCUT2D eigenvalue weighted by Gasteiger charge is 2.29. The summed E-state index contributed by atoms with van der Waals surface area (Å²) >= 11 is 0. The Morgan fingerprint density at radius 3 is 2.69 bits per heavy atom. The van der Waals surface area contributed by atoms with Gasteiger partial charge in [0.25, 0.3) is 0 Å². The molecule has 32 heavy (non-hydrogen) atoms. The number of ether oxygens (including phenoxy) is 1. The lowest BCUT2D eigenvalue weighted by atomic mass is 9.93. The molecule has 2 aromatic rings. The minimum Gasteiger partial charge on any atom is -0.444 e. The second-order valence-electron chi connectivity index (χ2n) is 9.33. The molecule has 1 amide bonds. The number of rotatable bonds is 5. The van der Waals surface area contributed by atoms with Crippen LogP contribution in [0.15, 0.2) is 54.0 Å². The van der Waals surface area contributed by atoms with Crippen molar-refractivity contribution in [3.63, 3.8) is 0 Å². The molecule has 0 saturated carbocycles. The number of aromatic nitrogens is 2. The molecule has 2 heterocycles. The maximum Gasteiger partial charge on any atom is 0.408 e. The third kappa shape index (κ3) is 6.48. The zero-order chi connectivity index (χ0) is 23.1. The number of carbonyl (C=O) groups is 1. The van der Waals surface area contributed by atoms with Crippen LogP contribution in [-0.4, -0.2) is 58.8 Å². The van der Waals surface area contributed by atoms with Gasteiger partial charge in [0, 0.05) is 39.1 Å². The quantitative estimate of drug-likeness (QED) is 0.548. The van der Waals surface area contributed by atoms with Crippen LogP contribution >= 0.6 is 0 Å². The van der Waals surface area contributed by atoms with Gasteiger partial charge in [0.05, 0.1) is 18.4 Å². The Balaban J connectivity index is 1.67. The van der Waals surface area contributed by atoms with E-state index in [9.17, 15) is 4.79 Å². The second kappa shape index (κ2) is 10.5. The fourth-order valence-electron chi connectivity index (χ4n) is 4.01. The molecular formula is C24H36N6O2. The van der Waals surface area contributed by atoms with E-state index in [-0.39, 0.29) is 6.04 Å². The largest absolute Gasteiger partial charge is 0.444 e. The topological polar surface area (TPSA) is 83.8 Å². The van der Waals surface area contributed by atoms with E-state index in [2.05, 4.69) is 37.0 Å². The number of hydrogen-bond donors (Lipinski definition) is 2. The van der Waals surface area contributed by atoms with E-state index in [1.807, 2.05) is 69.8 Å². The minimum atomic E-state index is -0.554. The Bertz CT molecular complexity index is 876. The van der Waals surface area contributed by atoms with Crippen LogP contribution in [0.2, 0.25) is 0 Å². The van der Waals surface area contributed by atoms with E-state index < -0.39 is 11.7 Å². The van der Waals surface area contributed by atoms with Gasteiger partial charge < -0.3 is 24.8 Å². The Kier molecular flexibility index (Phi) is 7.77. The van der Waals surface area contributed by atoms with Gasteiger partial charge in [-0.1, -0.05) is 37.3 Å². The first kappa shape index (κ1) is 23.6. The van der Waals surface area contributed by atoms with Crippen molar-refractivity contribution < 1.29 is 9.53 Å². The van der Waals surface area contributed by atoms with Crippen molar-refractivity contribution in [3.05, 3.63) is 54.6 Å². The highest BCUT2D eigenvalue weighted by Crippen LogP contribution is 2.27. The van der Waals surface area contributed by atoms with E-state index in [0.29, 0.717) is 18.5 Å². The third-order valence-electron chi connectivity index (χ3n) is 5.70. The lowest BCUT2D eigenvalue weighted by Gasteiger charge is -2.39. The highest BCUT2D eigenvalue weighted by molar-refractivity contribution is 5.80. The summed E-state index contributed by atoms with van der Waals surface area (Å²) in [5.74, 6) is 1.39. The molecule has 2 N–H and O–H groups in total. The predicted molar refractivity (Wildman–Crippen MR) is 127 cm³/mol. The molecule has 1 aromatic carbocycles. The minimum absolute atomic E-state index is 0.254. The maximum absolute atomic E-state index is 12.5. The van der Waals surface area contributed by atoms with Crippen molar-refractivity contribution in [2.45, 2.75) is 51.8 Å². The lowest BCUT2D eigenvalue weighted by Crippen LogP contribution is -2.50. The van der Waals surface area contributed by atoms with E-state index in [1.165, 1.54) is 0 Å². The summed E-state index contributed by atoms with van der Waals surface area (Å²) in [4.78, 5) is 23.5. The van der Waals surface area contributed by atoms with Gasteiger partial charge >= 0.3 is 6.09 Å². The van der Waals surface area contributed by atoms with Crippen LogP contribution in [0.3, 0.4) is 0 Å². The smallest absolute Gasteiger partial charge is 0.408 e. The van der Waals surface area contributed by atoms with Crippen LogP contribution in [-0.2, 0) is 4.74 Å². The molecule has 0 bridgehead atoms. The van der Waals surface area contributed by atoms with Gasteiger partial charge in [-0.3, -0.25) is 4.99 Å². The summed E-state index contributed by atoms with van der Waals surface area (Å²) in [7, 11) is 1.80. The molecule has 1 aromatic heterocycles. The summed E-state index contributed by atoms with van der Waals surface area (Å²) in [6.45, 7) is 10.1. The summed E-state index contributed by atoms with van der Waals surface area (Å²) < 4.78 is 7.66. The highest BCUT2D eigenvalue weighted by atomic mass is 16.6. The average molecular weight is 441 g/mol. The van der Waals surface area contributed by atoms with Crippen molar-refractivity contribution in [2.75, 3.05) is 26.7 Å². The molecule has 3 unspecified atom stereocenters. The monoisotopic (exact) mass is 440 g/mol. The predicted octanol–water partition coefficient (Wildman–Crippen LogP) is 3.61. The Morgan fingerprint density at radius 2 is 2.06 bits per heavy atom. The molecule has 3 atom stereocenters. The number of aliphatic imine (C=N–C) groups is 1. The van der Waals surface area contributed by atoms with Crippen molar-refractivity contribution >= 4 is 12.1 Å². The van der Waals surface area contributed by atoms with Crippen molar-refractivity contribution in [2.24, 2.45) is 10.9 Å². The fourth-order valence-corrected chi connectivity index (χ4v) is 4.01. The van der Waals surface area contributed by atoms with E-state index in [1.54, 1.807) is 7.05 Å². The van der Waals surface area contributed by atoms with E-state index in [0.717, 1.165) is 31.0 Å². The first-order valence-electron chi connectivity index (χ1n) is 11.2. The van der Waals surface area contributed by atoms with Gasteiger partial charge in [-0.15, -0.1) is 0 Å². The van der Waals surface area contributed by atoms with Gasteiger partial charge in [-0.25, -0.2) is 9.78 Å². The van der Waals surface area contributed by atoms with E-state index in [4.69, 9.17) is 4.74 Å². The number of carbonyl (C=O) groups excluding carboxylic acids is 1. The van der Waals surface area contributed by atoms with Crippen LogP contribution in [0.1, 0.15) is 51.8 Å². The second-order valence-corrected chi connectivity index (χ2v) is 9.33. The van der Waals surface area contributed by atoms with Crippen LogP contribution < -0.4 is 10.6 Å². The standard InChI is InChI=1S/C24H36N6O2/c1-18-11-13-29(16-21(18)30-14-12-26-17-30)22(25-5)27-15-20(19-9-7-6-8-10-19)28-23(31)32-24(2,3)4/h6-10,12,14,17-18,20-21H,11,13,15-16H2,1-5H3,(H,25,27)(H,28,31). The molecule has 0 radical (unpaired) electrons. The number of hydrogen-bond acceptors (Lipinski definition) is 4. The molecule has 0 spiro atoms. The Hall–Kier alpha value is -3.03. The molecule has 0 aliphatic carbocycles. The third-order valence-corrected chi connectivity index (χ3v) is 5.70. The fraction of sp³-hybridized carbons (Fsp3) is 0.542. The lowest BCUT2D eigenvalue weighted by molar-refractivity contribution is 0.0504. The Labute approximate surface area is 191 Å².